The molecule has 5 atom stereocenters. The van der Waals surface area contributed by atoms with Gasteiger partial charge in [0.15, 0.2) is 0 Å². The van der Waals surface area contributed by atoms with Crippen molar-refractivity contribution in [2.75, 3.05) is 62.3 Å². The highest BCUT2D eigenvalue weighted by molar-refractivity contribution is 5.54. The van der Waals surface area contributed by atoms with Crippen molar-refractivity contribution in [3.05, 3.63) is 102 Å². The molecule has 2 N–H and O–H groups in total. The Morgan fingerprint density at radius 2 is 1.62 bits per heavy atom. The molecule has 3 aliphatic rings. The summed E-state index contributed by atoms with van der Waals surface area (Å²) in [5.74, 6) is -0.743. The monoisotopic (exact) mass is 773 g/mol. The van der Waals surface area contributed by atoms with Crippen molar-refractivity contribution in [3.8, 4) is 11.4 Å². The van der Waals surface area contributed by atoms with Gasteiger partial charge in [0.25, 0.3) is 0 Å². The molecule has 300 valence electrons. The first-order valence-corrected chi connectivity index (χ1v) is 19.6. The molecule has 0 bridgehead atoms. The van der Waals surface area contributed by atoms with E-state index in [4.69, 9.17) is 19.9 Å². The van der Waals surface area contributed by atoms with Gasteiger partial charge in [-0.1, -0.05) is 13.8 Å². The fourth-order valence-corrected chi connectivity index (χ4v) is 8.34. The van der Waals surface area contributed by atoms with E-state index in [-0.39, 0.29) is 36.1 Å². The van der Waals surface area contributed by atoms with Crippen molar-refractivity contribution in [2.45, 2.75) is 64.3 Å². The Morgan fingerprint density at radius 3 is 2.25 bits per heavy atom. The minimum atomic E-state index is -0.881. The van der Waals surface area contributed by atoms with E-state index in [1.54, 1.807) is 26.6 Å². The average molecular weight is 774 g/mol. The largest absolute Gasteiger partial charge is 0.493 e. The predicted octanol–water partition coefficient (Wildman–Crippen LogP) is 5.48. The zero-order valence-electron chi connectivity index (χ0n) is 32.4. The third-order valence-electron chi connectivity index (χ3n) is 11.3. The van der Waals surface area contributed by atoms with Gasteiger partial charge < -0.3 is 29.7 Å². The summed E-state index contributed by atoms with van der Waals surface area (Å²) in [6.45, 7) is 11.8. The smallest absolute Gasteiger partial charge is 0.350 e. The summed E-state index contributed by atoms with van der Waals surface area (Å²) >= 11 is 0. The molecule has 2 aromatic heterocycles. The molecule has 7 rings (SSSR count). The van der Waals surface area contributed by atoms with Gasteiger partial charge in [-0.3, -0.25) is 4.68 Å². The van der Waals surface area contributed by atoms with Crippen molar-refractivity contribution >= 4 is 11.4 Å². The van der Waals surface area contributed by atoms with Gasteiger partial charge in [0, 0.05) is 62.1 Å². The van der Waals surface area contributed by atoms with Crippen LogP contribution in [0.15, 0.2) is 96.1 Å². The van der Waals surface area contributed by atoms with Crippen LogP contribution in [0.3, 0.4) is 0 Å². The minimum absolute atomic E-state index is 0.0281. The van der Waals surface area contributed by atoms with Crippen LogP contribution >= 0.6 is 0 Å². The SMILES string of the molecule is CC(C)C(C(C)OCCCN)n1ncn(-c2ccc(N3CCN(c4ccc(OCC5COC(Cn6cncn6)(C6CC=C(F)C=C6F)C5)cc4)CC3)cc2)c1=O. The summed E-state index contributed by atoms with van der Waals surface area (Å²) in [4.78, 5) is 22.2. The number of hydrogen-bond donors (Lipinski definition) is 1. The van der Waals surface area contributed by atoms with Crippen LogP contribution in [-0.4, -0.2) is 93.4 Å². The summed E-state index contributed by atoms with van der Waals surface area (Å²) in [5.41, 5.74) is 7.55. The number of benzene rings is 2. The third-order valence-corrected chi connectivity index (χ3v) is 11.3. The highest BCUT2D eigenvalue weighted by atomic mass is 19.1. The average Bonchev–Trinajstić information content (AvgIpc) is 3.96. The lowest BCUT2D eigenvalue weighted by Gasteiger charge is -2.37. The maximum absolute atomic E-state index is 15.1. The van der Waals surface area contributed by atoms with Crippen LogP contribution in [0.2, 0.25) is 0 Å². The standard InChI is InChI=1S/C41H53F2N9O4/c1-29(2)39(30(3)54-20-4-15-44)52-40(53)51(28-47-52)35-8-6-33(7-9-35)48-16-18-49(19-17-48)34-10-12-36(13-11-34)55-23-31-22-41(56-24-31,25-50-27-45-26-46-50)37-14-5-32(42)21-38(37)43/h5-13,21,26-31,37,39H,4,14-20,22-25,44H2,1-3H3. The van der Waals surface area contributed by atoms with E-state index in [2.05, 4.69) is 63.1 Å². The fraction of sp³-hybridized carbons (Fsp3) is 0.512. The second kappa shape index (κ2) is 17.5. The Hall–Kier alpha value is -4.86. The molecule has 2 aromatic carbocycles. The van der Waals surface area contributed by atoms with Gasteiger partial charge in [-0.2, -0.15) is 10.2 Å². The van der Waals surface area contributed by atoms with Crippen molar-refractivity contribution < 1.29 is 23.0 Å². The highest BCUT2D eigenvalue weighted by Gasteiger charge is 2.49. The summed E-state index contributed by atoms with van der Waals surface area (Å²) in [7, 11) is 0. The number of nitrogens with two attached hydrogens (primary N) is 1. The Morgan fingerprint density at radius 1 is 0.946 bits per heavy atom. The van der Waals surface area contributed by atoms with Crippen LogP contribution in [-0.2, 0) is 16.0 Å². The van der Waals surface area contributed by atoms with Crippen molar-refractivity contribution in [3.63, 3.8) is 0 Å². The highest BCUT2D eigenvalue weighted by Crippen LogP contribution is 2.45. The fourth-order valence-electron chi connectivity index (χ4n) is 8.34. The normalized spacial score (nSPS) is 22.6. The van der Waals surface area contributed by atoms with E-state index in [1.807, 2.05) is 31.2 Å². The molecule has 13 nitrogen and oxygen atoms in total. The van der Waals surface area contributed by atoms with Gasteiger partial charge in [-0.15, -0.1) is 0 Å². The van der Waals surface area contributed by atoms with Crippen LogP contribution in [0.1, 0.15) is 46.1 Å². The van der Waals surface area contributed by atoms with E-state index in [0.29, 0.717) is 39.3 Å². The second-order valence-corrected chi connectivity index (χ2v) is 15.4. The summed E-state index contributed by atoms with van der Waals surface area (Å²) < 4.78 is 52.2. The van der Waals surface area contributed by atoms with E-state index < -0.39 is 23.2 Å². The summed E-state index contributed by atoms with van der Waals surface area (Å²) in [5, 5.41) is 8.71. The van der Waals surface area contributed by atoms with Crippen molar-refractivity contribution in [1.82, 2.24) is 29.1 Å². The number of aromatic nitrogens is 6. The molecule has 56 heavy (non-hydrogen) atoms. The number of halogens is 2. The molecule has 0 radical (unpaired) electrons. The molecule has 0 amide bonds. The predicted molar refractivity (Wildman–Crippen MR) is 210 cm³/mol. The first-order chi connectivity index (χ1) is 27.1. The number of anilines is 2. The van der Waals surface area contributed by atoms with Crippen LogP contribution in [0, 0.1) is 17.8 Å². The molecule has 2 fully saturated rings. The van der Waals surface area contributed by atoms with E-state index in [0.717, 1.165) is 61.5 Å². The molecule has 0 saturated carbocycles. The van der Waals surface area contributed by atoms with Crippen LogP contribution in [0.4, 0.5) is 20.2 Å². The van der Waals surface area contributed by atoms with Crippen LogP contribution in [0.5, 0.6) is 5.75 Å². The Bertz CT molecular complexity index is 1990. The van der Waals surface area contributed by atoms with Crippen LogP contribution in [0.25, 0.3) is 5.69 Å². The van der Waals surface area contributed by atoms with Gasteiger partial charge in [0.2, 0.25) is 0 Å². The molecule has 2 saturated heterocycles. The maximum atomic E-state index is 15.1. The van der Waals surface area contributed by atoms with Gasteiger partial charge in [0.1, 0.15) is 36.4 Å². The van der Waals surface area contributed by atoms with Gasteiger partial charge in [-0.25, -0.2) is 27.8 Å². The molecular formula is C41H53F2N9O4. The molecule has 2 aliphatic heterocycles. The Kier molecular flexibility index (Phi) is 12.3. The van der Waals surface area contributed by atoms with Crippen molar-refractivity contribution in [2.24, 2.45) is 23.5 Å². The molecule has 15 heteroatoms. The van der Waals surface area contributed by atoms with Gasteiger partial charge in [0.05, 0.1) is 43.2 Å². The quantitative estimate of drug-likeness (QED) is 0.146. The first-order valence-electron chi connectivity index (χ1n) is 19.6. The molecular weight excluding hydrogens is 721 g/mol. The molecule has 0 spiro atoms. The van der Waals surface area contributed by atoms with Crippen LogP contribution < -0.4 is 26.0 Å². The second-order valence-electron chi connectivity index (χ2n) is 15.4. The zero-order chi connectivity index (χ0) is 39.2. The number of rotatable bonds is 16. The molecule has 5 unspecified atom stereocenters. The van der Waals surface area contributed by atoms with Gasteiger partial charge >= 0.3 is 5.69 Å². The first kappa shape index (κ1) is 39.4. The minimum Gasteiger partial charge on any atom is -0.493 e. The van der Waals surface area contributed by atoms with Gasteiger partial charge in [-0.05, 0) is 93.3 Å². The summed E-state index contributed by atoms with van der Waals surface area (Å²) in [6, 6.07) is 16.0. The maximum Gasteiger partial charge on any atom is 0.350 e. The lowest BCUT2D eigenvalue weighted by Crippen LogP contribution is -2.46. The van der Waals surface area contributed by atoms with E-state index in [1.165, 1.54) is 12.4 Å². The van der Waals surface area contributed by atoms with E-state index in [9.17, 15) is 9.18 Å². The number of allylic oxidation sites excluding steroid dienone is 3. The summed E-state index contributed by atoms with van der Waals surface area (Å²) in [6.07, 6.45) is 8.34. The lowest BCUT2D eigenvalue weighted by molar-refractivity contribution is -0.0538. The Balaban J connectivity index is 0.907. The third kappa shape index (κ3) is 8.74. The number of ether oxygens (including phenoxy) is 3. The molecule has 4 heterocycles. The topological polar surface area (TPSA) is 131 Å². The lowest BCUT2D eigenvalue weighted by atomic mass is 9.78. The zero-order valence-corrected chi connectivity index (χ0v) is 32.4. The number of nitrogens with zero attached hydrogens (tertiary/aromatic N) is 8. The number of hydrogen-bond acceptors (Lipinski definition) is 10. The van der Waals surface area contributed by atoms with Crippen molar-refractivity contribution in [1.29, 1.82) is 0 Å². The molecule has 4 aromatic rings. The van der Waals surface area contributed by atoms with E-state index >= 15 is 4.39 Å². The number of piperazine rings is 1. The molecule has 1 aliphatic carbocycles. The Labute approximate surface area is 326 Å².